The fourth-order valence-corrected chi connectivity index (χ4v) is 2.97. The molecule has 0 unspecified atom stereocenters. The molecule has 0 atom stereocenters. The minimum Gasteiger partial charge on any atom is -0.383 e. The number of nitrogens with zero attached hydrogens (tertiary/aromatic N) is 1. The maximum Gasteiger partial charge on any atom is 0.113 e. The Bertz CT molecular complexity index is 310. The van der Waals surface area contributed by atoms with Gasteiger partial charge in [-0.25, -0.2) is 4.98 Å². The molecule has 0 aliphatic heterocycles. The smallest absolute Gasteiger partial charge is 0.113 e. The van der Waals surface area contributed by atoms with E-state index in [0.29, 0.717) is 6.10 Å². The van der Waals surface area contributed by atoms with Crippen molar-refractivity contribution in [3.63, 3.8) is 0 Å². The predicted molar refractivity (Wildman–Crippen MR) is 63.7 cm³/mol. The Labute approximate surface area is 100.0 Å². The van der Waals surface area contributed by atoms with Crippen LogP contribution in [0.15, 0.2) is 11.6 Å². The van der Waals surface area contributed by atoms with E-state index in [1.165, 1.54) is 0 Å². The summed E-state index contributed by atoms with van der Waals surface area (Å²) in [6, 6.07) is 0. The highest BCUT2D eigenvalue weighted by Gasteiger charge is 2.47. The lowest BCUT2D eigenvalue weighted by molar-refractivity contribution is -0.0350. The van der Waals surface area contributed by atoms with Gasteiger partial charge in [0.25, 0.3) is 0 Å². The quantitative estimate of drug-likeness (QED) is 0.765. The summed E-state index contributed by atoms with van der Waals surface area (Å²) in [4.78, 5) is 4.42. The average Bonchev–Trinajstić information content (AvgIpc) is 2.75. The summed E-state index contributed by atoms with van der Waals surface area (Å²) in [5.41, 5.74) is 0.0212. The number of hydrogen-bond donors (Lipinski definition) is 1. The molecule has 1 N–H and O–H groups in total. The Kier molecular flexibility index (Phi) is 3.91. The van der Waals surface area contributed by atoms with Gasteiger partial charge in [-0.1, -0.05) is 0 Å². The lowest BCUT2D eigenvalue weighted by Crippen LogP contribution is -2.56. The summed E-state index contributed by atoms with van der Waals surface area (Å²) in [5.74, 6) is 0. The van der Waals surface area contributed by atoms with E-state index in [2.05, 4.69) is 10.3 Å². The summed E-state index contributed by atoms with van der Waals surface area (Å²) in [7, 11) is 3.49. The van der Waals surface area contributed by atoms with Crippen molar-refractivity contribution in [1.29, 1.82) is 0 Å². The van der Waals surface area contributed by atoms with Crippen molar-refractivity contribution in [2.45, 2.75) is 24.5 Å². The van der Waals surface area contributed by atoms with Crippen LogP contribution in [0.3, 0.4) is 0 Å². The number of methoxy groups -OCH3 is 2. The van der Waals surface area contributed by atoms with Gasteiger partial charge in [0.15, 0.2) is 0 Å². The third-order valence-electron chi connectivity index (χ3n) is 3.10. The first-order valence-electron chi connectivity index (χ1n) is 5.47. The highest BCUT2D eigenvalue weighted by molar-refractivity contribution is 7.09. The number of thiazole rings is 1. The van der Waals surface area contributed by atoms with E-state index in [1.807, 2.05) is 11.6 Å². The second kappa shape index (κ2) is 5.23. The highest BCUT2D eigenvalue weighted by atomic mass is 32.1. The van der Waals surface area contributed by atoms with Crippen LogP contribution in [0.1, 0.15) is 17.8 Å². The molecule has 0 bridgehead atoms. The van der Waals surface area contributed by atoms with Gasteiger partial charge in [0, 0.05) is 32.3 Å². The van der Waals surface area contributed by atoms with Crippen LogP contribution in [-0.2, 0) is 15.0 Å². The van der Waals surface area contributed by atoms with Crippen molar-refractivity contribution < 1.29 is 9.47 Å². The first-order valence-corrected chi connectivity index (χ1v) is 6.35. The fraction of sp³-hybridized carbons (Fsp3) is 0.727. The van der Waals surface area contributed by atoms with Crippen molar-refractivity contribution >= 4 is 11.3 Å². The van der Waals surface area contributed by atoms with Gasteiger partial charge in [-0.2, -0.15) is 0 Å². The van der Waals surface area contributed by atoms with E-state index in [9.17, 15) is 0 Å². The van der Waals surface area contributed by atoms with Crippen molar-refractivity contribution in [3.05, 3.63) is 16.6 Å². The van der Waals surface area contributed by atoms with E-state index in [0.717, 1.165) is 31.0 Å². The molecule has 2 rings (SSSR count). The van der Waals surface area contributed by atoms with Crippen LogP contribution in [0.25, 0.3) is 0 Å². The lowest BCUT2D eigenvalue weighted by atomic mass is 9.74. The monoisotopic (exact) mass is 242 g/mol. The normalized spacial score (nSPS) is 29.0. The minimum atomic E-state index is 0.0212. The van der Waals surface area contributed by atoms with Gasteiger partial charge in [-0.05, 0) is 12.8 Å². The molecular formula is C11H18N2O2S. The van der Waals surface area contributed by atoms with Crippen LogP contribution in [0, 0.1) is 0 Å². The molecule has 1 aliphatic carbocycles. The molecular weight excluding hydrogens is 224 g/mol. The zero-order valence-electron chi connectivity index (χ0n) is 9.73. The summed E-state index contributed by atoms with van der Waals surface area (Å²) in [5, 5.41) is 6.73. The Morgan fingerprint density at radius 3 is 2.94 bits per heavy atom. The topological polar surface area (TPSA) is 43.4 Å². The average molecular weight is 242 g/mol. The number of hydrogen-bond acceptors (Lipinski definition) is 5. The van der Waals surface area contributed by atoms with Crippen molar-refractivity contribution in [1.82, 2.24) is 10.3 Å². The molecule has 0 radical (unpaired) electrons. The molecule has 1 aromatic heterocycles. The van der Waals surface area contributed by atoms with E-state index in [1.54, 1.807) is 25.6 Å². The molecule has 5 heteroatoms. The molecule has 0 spiro atoms. The molecule has 4 nitrogen and oxygen atoms in total. The number of aromatic nitrogens is 1. The second-order valence-electron chi connectivity index (χ2n) is 4.10. The zero-order valence-corrected chi connectivity index (χ0v) is 10.5. The standard InChI is InChI=1S/C11H18N2O2S/c1-14-5-3-13-11(7-9(8-11)15-2)10-12-4-6-16-10/h4,6,9,13H,3,5,7-8H2,1-2H3. The highest BCUT2D eigenvalue weighted by Crippen LogP contribution is 2.43. The molecule has 1 aromatic rings. The largest absolute Gasteiger partial charge is 0.383 e. The second-order valence-corrected chi connectivity index (χ2v) is 5.00. The van der Waals surface area contributed by atoms with E-state index < -0.39 is 0 Å². The van der Waals surface area contributed by atoms with Crippen LogP contribution < -0.4 is 5.32 Å². The number of rotatable bonds is 6. The SMILES string of the molecule is COCCNC1(c2nccs2)CC(OC)C1. The number of nitrogens with one attached hydrogen (secondary N) is 1. The van der Waals surface area contributed by atoms with Crippen LogP contribution in [0.5, 0.6) is 0 Å². The maximum absolute atomic E-state index is 5.35. The molecule has 1 saturated carbocycles. The first kappa shape index (κ1) is 12.0. The molecule has 1 aliphatic rings. The van der Waals surface area contributed by atoms with Gasteiger partial charge in [-0.3, -0.25) is 0 Å². The van der Waals surface area contributed by atoms with Crippen molar-refractivity contribution in [3.8, 4) is 0 Å². The Balaban J connectivity index is 1.98. The van der Waals surface area contributed by atoms with Crippen molar-refractivity contribution in [2.24, 2.45) is 0 Å². The molecule has 0 saturated heterocycles. The van der Waals surface area contributed by atoms with Crippen LogP contribution in [-0.4, -0.2) is 38.5 Å². The van der Waals surface area contributed by atoms with E-state index in [-0.39, 0.29) is 5.54 Å². The molecule has 1 fully saturated rings. The summed E-state index contributed by atoms with van der Waals surface area (Å²) in [6.07, 6.45) is 4.22. The van der Waals surface area contributed by atoms with Crippen LogP contribution in [0.4, 0.5) is 0 Å². The van der Waals surface area contributed by atoms with Gasteiger partial charge < -0.3 is 14.8 Å². The third-order valence-corrected chi connectivity index (χ3v) is 4.07. The Hall–Kier alpha value is -0.490. The molecule has 0 aromatic carbocycles. The molecule has 1 heterocycles. The van der Waals surface area contributed by atoms with Gasteiger partial charge in [0.05, 0.1) is 18.2 Å². The first-order chi connectivity index (χ1) is 7.80. The van der Waals surface area contributed by atoms with Gasteiger partial charge in [-0.15, -0.1) is 11.3 Å². The Morgan fingerprint density at radius 2 is 2.38 bits per heavy atom. The van der Waals surface area contributed by atoms with E-state index >= 15 is 0 Å². The predicted octanol–water partition coefficient (Wildman–Crippen LogP) is 1.38. The lowest BCUT2D eigenvalue weighted by Gasteiger charge is -2.46. The summed E-state index contributed by atoms with van der Waals surface area (Å²) < 4.78 is 10.4. The fourth-order valence-electron chi connectivity index (χ4n) is 2.13. The molecule has 0 amide bonds. The minimum absolute atomic E-state index is 0.0212. The Morgan fingerprint density at radius 1 is 1.56 bits per heavy atom. The number of ether oxygens (including phenoxy) is 2. The van der Waals surface area contributed by atoms with Crippen LogP contribution in [0.2, 0.25) is 0 Å². The summed E-state index contributed by atoms with van der Waals surface area (Å²) in [6.45, 7) is 1.58. The van der Waals surface area contributed by atoms with Gasteiger partial charge in [0.1, 0.15) is 5.01 Å². The van der Waals surface area contributed by atoms with E-state index in [4.69, 9.17) is 9.47 Å². The molecule has 90 valence electrons. The van der Waals surface area contributed by atoms with Gasteiger partial charge in [0.2, 0.25) is 0 Å². The third kappa shape index (κ3) is 2.27. The van der Waals surface area contributed by atoms with Gasteiger partial charge >= 0.3 is 0 Å². The van der Waals surface area contributed by atoms with Crippen molar-refractivity contribution in [2.75, 3.05) is 27.4 Å². The summed E-state index contributed by atoms with van der Waals surface area (Å²) >= 11 is 1.71. The van der Waals surface area contributed by atoms with Crippen LogP contribution >= 0.6 is 11.3 Å². The maximum atomic E-state index is 5.35. The zero-order chi connectivity index (χ0) is 11.4. The molecule has 16 heavy (non-hydrogen) atoms.